The molecule has 0 saturated carbocycles. The second-order valence-corrected chi connectivity index (χ2v) is 4.64. The van der Waals surface area contributed by atoms with Crippen LogP contribution in [0.2, 0.25) is 0 Å². The van der Waals surface area contributed by atoms with Crippen LogP contribution in [0, 0.1) is 0 Å². The molecule has 1 heterocycles. The standard InChI is InChI=1S/C11H23N3O2/c1-11(2,16-3)10(15)14-8-6-13(5-4-12)7-9-14/h4-9,12H2,1-3H3. The molecular weight excluding hydrogens is 206 g/mol. The summed E-state index contributed by atoms with van der Waals surface area (Å²) in [7, 11) is 1.57. The van der Waals surface area contributed by atoms with Crippen LogP contribution in [0.4, 0.5) is 0 Å². The van der Waals surface area contributed by atoms with Crippen LogP contribution in [0.25, 0.3) is 0 Å². The zero-order chi connectivity index (χ0) is 12.2. The number of carbonyl (C=O) groups excluding carboxylic acids is 1. The van der Waals surface area contributed by atoms with Crippen molar-refractivity contribution < 1.29 is 9.53 Å². The van der Waals surface area contributed by atoms with Gasteiger partial charge in [-0.1, -0.05) is 0 Å². The quantitative estimate of drug-likeness (QED) is 0.707. The minimum absolute atomic E-state index is 0.0717. The third-order valence-electron chi connectivity index (χ3n) is 3.13. The molecule has 0 radical (unpaired) electrons. The van der Waals surface area contributed by atoms with Gasteiger partial charge in [-0.3, -0.25) is 9.69 Å². The first-order valence-corrected chi connectivity index (χ1v) is 5.78. The fraction of sp³-hybridized carbons (Fsp3) is 0.909. The van der Waals surface area contributed by atoms with E-state index in [0.29, 0.717) is 6.54 Å². The van der Waals surface area contributed by atoms with Crippen LogP contribution in [-0.2, 0) is 9.53 Å². The van der Waals surface area contributed by atoms with Crippen LogP contribution in [0.1, 0.15) is 13.8 Å². The molecule has 5 heteroatoms. The molecule has 2 N–H and O–H groups in total. The molecule has 0 unspecified atom stereocenters. The van der Waals surface area contributed by atoms with Gasteiger partial charge in [0.2, 0.25) is 0 Å². The first kappa shape index (κ1) is 13.4. The molecule has 1 amide bonds. The van der Waals surface area contributed by atoms with E-state index < -0.39 is 5.60 Å². The Kier molecular flexibility index (Phi) is 4.70. The lowest BCUT2D eigenvalue weighted by Crippen LogP contribution is -2.55. The summed E-state index contributed by atoms with van der Waals surface area (Å²) in [6, 6.07) is 0. The number of nitrogens with two attached hydrogens (primary N) is 1. The van der Waals surface area contributed by atoms with Crippen molar-refractivity contribution in [2.24, 2.45) is 5.73 Å². The number of amides is 1. The van der Waals surface area contributed by atoms with Gasteiger partial charge in [0, 0.05) is 46.4 Å². The summed E-state index contributed by atoms with van der Waals surface area (Å²) in [5.74, 6) is 0.0717. The highest BCUT2D eigenvalue weighted by atomic mass is 16.5. The van der Waals surface area contributed by atoms with E-state index in [1.807, 2.05) is 18.7 Å². The minimum atomic E-state index is -0.712. The molecule has 0 aromatic heterocycles. The molecule has 0 aliphatic carbocycles. The number of hydrogen-bond acceptors (Lipinski definition) is 4. The molecule has 0 bridgehead atoms. The zero-order valence-corrected chi connectivity index (χ0v) is 10.5. The summed E-state index contributed by atoms with van der Waals surface area (Å²) in [6.07, 6.45) is 0. The number of methoxy groups -OCH3 is 1. The summed E-state index contributed by atoms with van der Waals surface area (Å²) in [5.41, 5.74) is 4.79. The van der Waals surface area contributed by atoms with E-state index in [1.54, 1.807) is 7.11 Å². The van der Waals surface area contributed by atoms with E-state index in [0.717, 1.165) is 32.7 Å². The van der Waals surface area contributed by atoms with Gasteiger partial charge in [-0.2, -0.15) is 0 Å². The maximum Gasteiger partial charge on any atom is 0.254 e. The molecule has 1 fully saturated rings. The Morgan fingerprint density at radius 1 is 1.31 bits per heavy atom. The van der Waals surface area contributed by atoms with Gasteiger partial charge in [0.25, 0.3) is 5.91 Å². The van der Waals surface area contributed by atoms with Gasteiger partial charge in [-0.05, 0) is 13.8 Å². The van der Waals surface area contributed by atoms with Crippen LogP contribution in [-0.4, -0.2) is 67.7 Å². The van der Waals surface area contributed by atoms with E-state index in [1.165, 1.54) is 0 Å². The molecule has 0 spiro atoms. The highest BCUT2D eigenvalue weighted by Crippen LogP contribution is 2.14. The maximum absolute atomic E-state index is 12.1. The van der Waals surface area contributed by atoms with Crippen LogP contribution in [0.5, 0.6) is 0 Å². The SMILES string of the molecule is COC(C)(C)C(=O)N1CCN(CCN)CC1. The molecule has 16 heavy (non-hydrogen) atoms. The van der Waals surface area contributed by atoms with Crippen LogP contribution >= 0.6 is 0 Å². The number of carbonyl (C=O) groups is 1. The molecule has 0 aromatic rings. The Morgan fingerprint density at radius 3 is 2.31 bits per heavy atom. The summed E-state index contributed by atoms with van der Waals surface area (Å²) in [4.78, 5) is 16.2. The van der Waals surface area contributed by atoms with Crippen molar-refractivity contribution in [3.8, 4) is 0 Å². The minimum Gasteiger partial charge on any atom is -0.369 e. The van der Waals surface area contributed by atoms with E-state index in [-0.39, 0.29) is 5.91 Å². The Hall–Kier alpha value is -0.650. The third kappa shape index (κ3) is 3.17. The Balaban J connectivity index is 2.45. The molecule has 1 aliphatic rings. The highest BCUT2D eigenvalue weighted by Gasteiger charge is 2.33. The number of nitrogens with zero attached hydrogens (tertiary/aromatic N) is 2. The molecular formula is C11H23N3O2. The third-order valence-corrected chi connectivity index (χ3v) is 3.13. The monoisotopic (exact) mass is 229 g/mol. The maximum atomic E-state index is 12.1. The Morgan fingerprint density at radius 2 is 1.88 bits per heavy atom. The first-order chi connectivity index (χ1) is 7.51. The molecule has 94 valence electrons. The van der Waals surface area contributed by atoms with Gasteiger partial charge < -0.3 is 15.4 Å². The summed E-state index contributed by atoms with van der Waals surface area (Å²) in [6.45, 7) is 8.55. The fourth-order valence-corrected chi connectivity index (χ4v) is 1.83. The van der Waals surface area contributed by atoms with Gasteiger partial charge in [-0.25, -0.2) is 0 Å². The zero-order valence-electron chi connectivity index (χ0n) is 10.5. The predicted octanol–water partition coefficient (Wildman–Crippen LogP) is -0.486. The van der Waals surface area contributed by atoms with Crippen molar-refractivity contribution >= 4 is 5.91 Å². The number of hydrogen-bond donors (Lipinski definition) is 1. The fourth-order valence-electron chi connectivity index (χ4n) is 1.83. The van der Waals surface area contributed by atoms with Crippen molar-refractivity contribution in [2.75, 3.05) is 46.4 Å². The number of rotatable bonds is 4. The molecule has 1 rings (SSSR count). The van der Waals surface area contributed by atoms with E-state index in [4.69, 9.17) is 10.5 Å². The average molecular weight is 229 g/mol. The van der Waals surface area contributed by atoms with Crippen molar-refractivity contribution in [3.63, 3.8) is 0 Å². The highest BCUT2D eigenvalue weighted by molar-refractivity contribution is 5.84. The summed E-state index contributed by atoms with van der Waals surface area (Å²) in [5, 5.41) is 0. The van der Waals surface area contributed by atoms with Crippen molar-refractivity contribution in [2.45, 2.75) is 19.4 Å². The van der Waals surface area contributed by atoms with Gasteiger partial charge in [0.1, 0.15) is 5.60 Å². The molecule has 1 aliphatic heterocycles. The molecule has 0 aromatic carbocycles. The lowest BCUT2D eigenvalue weighted by atomic mass is 10.1. The van der Waals surface area contributed by atoms with Gasteiger partial charge >= 0.3 is 0 Å². The van der Waals surface area contributed by atoms with Gasteiger partial charge in [-0.15, -0.1) is 0 Å². The number of piperazine rings is 1. The Labute approximate surface area is 97.5 Å². The second-order valence-electron chi connectivity index (χ2n) is 4.64. The number of ether oxygens (including phenoxy) is 1. The van der Waals surface area contributed by atoms with E-state index in [9.17, 15) is 4.79 Å². The van der Waals surface area contributed by atoms with Crippen LogP contribution in [0.3, 0.4) is 0 Å². The van der Waals surface area contributed by atoms with Crippen molar-refractivity contribution in [3.05, 3.63) is 0 Å². The first-order valence-electron chi connectivity index (χ1n) is 5.78. The van der Waals surface area contributed by atoms with Crippen LogP contribution in [0.15, 0.2) is 0 Å². The second kappa shape index (κ2) is 5.61. The van der Waals surface area contributed by atoms with Gasteiger partial charge in [0.05, 0.1) is 0 Å². The van der Waals surface area contributed by atoms with E-state index in [2.05, 4.69) is 4.90 Å². The largest absolute Gasteiger partial charge is 0.369 e. The molecule has 5 nitrogen and oxygen atoms in total. The topological polar surface area (TPSA) is 58.8 Å². The lowest BCUT2D eigenvalue weighted by Gasteiger charge is -2.37. The lowest BCUT2D eigenvalue weighted by molar-refractivity contribution is -0.152. The smallest absolute Gasteiger partial charge is 0.254 e. The Bertz CT molecular complexity index is 235. The molecule has 1 saturated heterocycles. The average Bonchev–Trinajstić information content (AvgIpc) is 2.29. The normalized spacial score (nSPS) is 18.9. The van der Waals surface area contributed by atoms with Crippen molar-refractivity contribution in [1.82, 2.24) is 9.80 Å². The molecule has 0 atom stereocenters. The van der Waals surface area contributed by atoms with Gasteiger partial charge in [0.15, 0.2) is 0 Å². The van der Waals surface area contributed by atoms with Crippen LogP contribution < -0.4 is 5.73 Å². The van der Waals surface area contributed by atoms with Crippen molar-refractivity contribution in [1.29, 1.82) is 0 Å². The predicted molar refractivity (Wildman–Crippen MR) is 63.2 cm³/mol. The van der Waals surface area contributed by atoms with E-state index >= 15 is 0 Å². The summed E-state index contributed by atoms with van der Waals surface area (Å²) < 4.78 is 5.20. The summed E-state index contributed by atoms with van der Waals surface area (Å²) >= 11 is 0.